The van der Waals surface area contributed by atoms with E-state index in [1.807, 2.05) is 0 Å². The van der Waals surface area contributed by atoms with Gasteiger partial charge in [0.1, 0.15) is 0 Å². The first-order chi connectivity index (χ1) is 13.8. The lowest BCUT2D eigenvalue weighted by molar-refractivity contribution is 0.0698. The second-order valence-electron chi connectivity index (χ2n) is 7.30. The summed E-state index contributed by atoms with van der Waals surface area (Å²) in [6, 6.07) is 10.8. The van der Waals surface area contributed by atoms with Gasteiger partial charge < -0.3 is 25.0 Å². The highest BCUT2D eigenvalue weighted by molar-refractivity contribution is 5.79. The van der Waals surface area contributed by atoms with E-state index >= 15 is 0 Å². The normalized spacial score (nSPS) is 17.8. The van der Waals surface area contributed by atoms with Crippen molar-refractivity contribution in [3.63, 3.8) is 0 Å². The molecule has 1 aromatic carbocycles. The number of nitrogens with one attached hydrogen (secondary N) is 2. The van der Waals surface area contributed by atoms with Crippen LogP contribution in [0.25, 0.3) is 0 Å². The minimum absolute atomic E-state index is 0.654. The molecule has 0 aromatic heterocycles. The van der Waals surface area contributed by atoms with E-state index in [1.54, 1.807) is 7.11 Å². The molecule has 2 rings (SSSR count). The monoisotopic (exact) mass is 390 g/mol. The predicted molar refractivity (Wildman–Crippen MR) is 116 cm³/mol. The first-order valence-electron chi connectivity index (χ1n) is 10.7. The average molecular weight is 391 g/mol. The Hall–Kier alpha value is -1.63. The maximum atomic E-state index is 5.49. The summed E-state index contributed by atoms with van der Waals surface area (Å²) < 4.78 is 10.5. The lowest BCUT2D eigenvalue weighted by Crippen LogP contribution is -2.38. The summed E-state index contributed by atoms with van der Waals surface area (Å²) in [4.78, 5) is 7.38. The van der Waals surface area contributed by atoms with Gasteiger partial charge in [-0.25, -0.2) is 0 Å². The Balaban J connectivity index is 1.62. The van der Waals surface area contributed by atoms with Gasteiger partial charge in [0.2, 0.25) is 0 Å². The van der Waals surface area contributed by atoms with Gasteiger partial charge in [-0.15, -0.1) is 0 Å². The van der Waals surface area contributed by atoms with Crippen LogP contribution in [0.15, 0.2) is 35.3 Å². The molecular weight excluding hydrogens is 352 g/mol. The van der Waals surface area contributed by atoms with E-state index in [4.69, 9.17) is 14.5 Å². The number of likely N-dealkylation sites (tertiary alicyclic amines) is 1. The fourth-order valence-electron chi connectivity index (χ4n) is 3.38. The van der Waals surface area contributed by atoms with Crippen molar-refractivity contribution in [2.75, 3.05) is 66.2 Å². The fourth-order valence-corrected chi connectivity index (χ4v) is 3.38. The molecule has 6 heteroatoms. The van der Waals surface area contributed by atoms with Gasteiger partial charge in [-0.05, 0) is 44.2 Å². The Labute approximate surface area is 170 Å². The maximum Gasteiger partial charge on any atom is 0.191 e. The molecular formula is C22H38N4O2. The summed E-state index contributed by atoms with van der Waals surface area (Å²) in [7, 11) is 1.69. The number of benzene rings is 1. The molecule has 2 N–H and O–H groups in total. The molecule has 1 aliphatic rings. The van der Waals surface area contributed by atoms with Crippen LogP contribution >= 0.6 is 0 Å². The van der Waals surface area contributed by atoms with Crippen LogP contribution in [0.4, 0.5) is 0 Å². The number of methoxy groups -OCH3 is 1. The summed E-state index contributed by atoms with van der Waals surface area (Å²) in [5.74, 6) is 1.57. The van der Waals surface area contributed by atoms with Crippen molar-refractivity contribution in [1.82, 2.24) is 15.5 Å². The van der Waals surface area contributed by atoms with Crippen LogP contribution in [0.1, 0.15) is 25.3 Å². The van der Waals surface area contributed by atoms with Gasteiger partial charge in [0.15, 0.2) is 5.96 Å². The van der Waals surface area contributed by atoms with Crippen LogP contribution in [-0.2, 0) is 15.9 Å². The highest BCUT2D eigenvalue weighted by Gasteiger charge is 2.21. The van der Waals surface area contributed by atoms with E-state index in [9.17, 15) is 0 Å². The summed E-state index contributed by atoms with van der Waals surface area (Å²) in [6.07, 6.45) is 3.34. The van der Waals surface area contributed by atoms with E-state index < -0.39 is 0 Å². The molecule has 0 saturated carbocycles. The number of guanidine groups is 1. The smallest absolute Gasteiger partial charge is 0.191 e. The standard InChI is InChI=1S/C22H38N4O2/c1-3-23-22(24-12-7-15-28-17-16-27-2)25-18-21-11-14-26(19-21)13-10-20-8-5-4-6-9-20/h4-6,8-9,21H,3,7,10-19H2,1-2H3,(H2,23,24,25). The molecule has 1 atom stereocenters. The number of nitrogens with zero attached hydrogens (tertiary/aromatic N) is 2. The van der Waals surface area contributed by atoms with Crippen LogP contribution in [-0.4, -0.2) is 77.1 Å². The number of hydrogen-bond donors (Lipinski definition) is 2. The summed E-state index contributed by atoms with van der Waals surface area (Å²) in [5, 5.41) is 6.75. The topological polar surface area (TPSA) is 58.1 Å². The van der Waals surface area contributed by atoms with Gasteiger partial charge in [-0.1, -0.05) is 30.3 Å². The molecule has 0 radical (unpaired) electrons. The Bertz CT molecular complexity index is 539. The number of aliphatic imine (C=N–C) groups is 1. The zero-order valence-electron chi connectivity index (χ0n) is 17.7. The van der Waals surface area contributed by atoms with E-state index in [-0.39, 0.29) is 0 Å². The molecule has 1 aromatic rings. The molecule has 28 heavy (non-hydrogen) atoms. The minimum atomic E-state index is 0.654. The Kier molecular flexibility index (Phi) is 11.6. The van der Waals surface area contributed by atoms with Crippen molar-refractivity contribution in [1.29, 1.82) is 0 Å². The van der Waals surface area contributed by atoms with Crippen molar-refractivity contribution in [2.45, 2.75) is 26.2 Å². The molecule has 1 fully saturated rings. The zero-order valence-corrected chi connectivity index (χ0v) is 17.7. The third kappa shape index (κ3) is 9.53. The largest absolute Gasteiger partial charge is 0.382 e. The van der Waals surface area contributed by atoms with Gasteiger partial charge in [0.05, 0.1) is 13.2 Å². The number of ether oxygens (including phenoxy) is 2. The van der Waals surface area contributed by atoms with E-state index in [1.165, 1.54) is 18.5 Å². The first kappa shape index (κ1) is 22.7. The first-order valence-corrected chi connectivity index (χ1v) is 10.7. The van der Waals surface area contributed by atoms with Crippen LogP contribution in [0.5, 0.6) is 0 Å². The summed E-state index contributed by atoms with van der Waals surface area (Å²) in [6.45, 7) is 10.3. The SMILES string of the molecule is CCNC(=NCC1CCN(CCc2ccccc2)C1)NCCCOCCOC. The Morgan fingerprint density at radius 1 is 1.18 bits per heavy atom. The van der Waals surface area contributed by atoms with Crippen molar-refractivity contribution in [2.24, 2.45) is 10.9 Å². The molecule has 0 aliphatic carbocycles. The molecule has 1 saturated heterocycles. The van der Waals surface area contributed by atoms with Gasteiger partial charge in [-0.2, -0.15) is 0 Å². The van der Waals surface area contributed by atoms with E-state index in [0.717, 1.165) is 58.1 Å². The average Bonchev–Trinajstić information content (AvgIpc) is 3.18. The highest BCUT2D eigenvalue weighted by Crippen LogP contribution is 2.17. The van der Waals surface area contributed by atoms with Crippen LogP contribution in [0, 0.1) is 5.92 Å². The number of hydrogen-bond acceptors (Lipinski definition) is 4. The van der Waals surface area contributed by atoms with Crippen molar-refractivity contribution in [3.05, 3.63) is 35.9 Å². The van der Waals surface area contributed by atoms with Crippen molar-refractivity contribution in [3.8, 4) is 0 Å². The fraction of sp³-hybridized carbons (Fsp3) is 0.682. The lowest BCUT2D eigenvalue weighted by atomic mass is 10.1. The molecule has 6 nitrogen and oxygen atoms in total. The van der Waals surface area contributed by atoms with Gasteiger partial charge in [-0.3, -0.25) is 4.99 Å². The van der Waals surface area contributed by atoms with Gasteiger partial charge in [0, 0.05) is 46.4 Å². The maximum absolute atomic E-state index is 5.49. The summed E-state index contributed by atoms with van der Waals surface area (Å²) in [5.41, 5.74) is 1.42. The van der Waals surface area contributed by atoms with Gasteiger partial charge in [0.25, 0.3) is 0 Å². The minimum Gasteiger partial charge on any atom is -0.382 e. The predicted octanol–water partition coefficient (Wildman–Crippen LogP) is 2.16. The zero-order chi connectivity index (χ0) is 19.9. The molecule has 1 heterocycles. The number of rotatable bonds is 13. The molecule has 158 valence electrons. The Morgan fingerprint density at radius 2 is 2.04 bits per heavy atom. The second kappa shape index (κ2) is 14.4. The van der Waals surface area contributed by atoms with Crippen LogP contribution in [0.2, 0.25) is 0 Å². The van der Waals surface area contributed by atoms with Crippen LogP contribution in [0.3, 0.4) is 0 Å². The molecule has 0 bridgehead atoms. The van der Waals surface area contributed by atoms with Crippen molar-refractivity contribution >= 4 is 5.96 Å². The van der Waals surface area contributed by atoms with Gasteiger partial charge >= 0.3 is 0 Å². The van der Waals surface area contributed by atoms with E-state index in [0.29, 0.717) is 19.1 Å². The third-order valence-electron chi connectivity index (χ3n) is 4.97. The van der Waals surface area contributed by atoms with Crippen LogP contribution < -0.4 is 10.6 Å². The summed E-state index contributed by atoms with van der Waals surface area (Å²) >= 11 is 0. The molecule has 0 spiro atoms. The molecule has 0 amide bonds. The van der Waals surface area contributed by atoms with Crippen molar-refractivity contribution < 1.29 is 9.47 Å². The van der Waals surface area contributed by atoms with E-state index in [2.05, 4.69) is 52.8 Å². The molecule has 1 aliphatic heterocycles. The third-order valence-corrected chi connectivity index (χ3v) is 4.97. The molecule has 1 unspecified atom stereocenters. The highest BCUT2D eigenvalue weighted by atomic mass is 16.5. The quantitative estimate of drug-likeness (QED) is 0.307. The second-order valence-corrected chi connectivity index (χ2v) is 7.30. The Morgan fingerprint density at radius 3 is 2.82 bits per heavy atom. The lowest BCUT2D eigenvalue weighted by Gasteiger charge is -2.16.